The highest BCUT2D eigenvalue weighted by Crippen LogP contribution is 2.42. The van der Waals surface area contributed by atoms with E-state index < -0.39 is 0 Å². The number of benzene rings is 1. The van der Waals surface area contributed by atoms with Crippen molar-refractivity contribution in [3.63, 3.8) is 0 Å². The van der Waals surface area contributed by atoms with Gasteiger partial charge >= 0.3 is 0 Å². The Bertz CT molecular complexity index is 1190. The molecule has 2 aliphatic heterocycles. The van der Waals surface area contributed by atoms with Gasteiger partial charge in [-0.25, -0.2) is 9.97 Å². The van der Waals surface area contributed by atoms with E-state index in [9.17, 15) is 4.79 Å². The van der Waals surface area contributed by atoms with E-state index in [0.29, 0.717) is 24.1 Å². The van der Waals surface area contributed by atoms with Crippen LogP contribution in [0.2, 0.25) is 0 Å². The maximum Gasteiger partial charge on any atom is 0.254 e. The average Bonchev–Trinajstić information content (AvgIpc) is 3.78. The number of amides is 1. The van der Waals surface area contributed by atoms with E-state index in [-0.39, 0.29) is 5.91 Å². The van der Waals surface area contributed by atoms with Gasteiger partial charge in [0, 0.05) is 55.0 Å². The van der Waals surface area contributed by atoms with Crippen LogP contribution in [-0.4, -0.2) is 79.9 Å². The summed E-state index contributed by atoms with van der Waals surface area (Å²) in [5.74, 6) is 2.16. The van der Waals surface area contributed by atoms with Crippen molar-refractivity contribution in [3.8, 4) is 5.75 Å². The number of aromatic nitrogens is 4. The minimum atomic E-state index is -0.0810. The molecule has 40 heavy (non-hydrogen) atoms. The monoisotopic (exact) mass is 545 g/mol. The molecule has 0 atom stereocenters. The highest BCUT2D eigenvalue weighted by atomic mass is 16.5. The van der Waals surface area contributed by atoms with E-state index in [1.54, 1.807) is 36.8 Å². The van der Waals surface area contributed by atoms with E-state index in [4.69, 9.17) is 4.74 Å². The maximum absolute atomic E-state index is 13.6. The summed E-state index contributed by atoms with van der Waals surface area (Å²) >= 11 is 0. The van der Waals surface area contributed by atoms with E-state index in [2.05, 4.69) is 35.8 Å². The van der Waals surface area contributed by atoms with Gasteiger partial charge in [-0.3, -0.25) is 9.69 Å². The number of methoxy groups -OCH3 is 1. The fourth-order valence-electron chi connectivity index (χ4n) is 7.14. The highest BCUT2D eigenvalue weighted by molar-refractivity contribution is 5.94. The molecule has 3 aromatic rings. The van der Waals surface area contributed by atoms with E-state index in [0.717, 1.165) is 48.6 Å². The van der Waals surface area contributed by atoms with Gasteiger partial charge in [0.05, 0.1) is 20.2 Å². The van der Waals surface area contributed by atoms with Crippen molar-refractivity contribution in [3.05, 3.63) is 65.8 Å². The Morgan fingerprint density at radius 1 is 1.00 bits per heavy atom. The molecule has 2 N–H and O–H groups in total. The van der Waals surface area contributed by atoms with Crippen molar-refractivity contribution < 1.29 is 9.53 Å². The molecule has 0 unspecified atom stereocenters. The van der Waals surface area contributed by atoms with Crippen LogP contribution in [0.5, 0.6) is 5.75 Å². The molecule has 0 radical (unpaired) electrons. The molecule has 3 aliphatic rings. The normalized spacial score (nSPS) is 20.2. The molecule has 3 fully saturated rings. The second-order valence-corrected chi connectivity index (χ2v) is 12.0. The van der Waals surface area contributed by atoms with Crippen molar-refractivity contribution in [2.75, 3.05) is 33.3 Å². The Kier molecular flexibility index (Phi) is 8.20. The minimum absolute atomic E-state index is 0.0810. The van der Waals surface area contributed by atoms with Crippen LogP contribution in [0.15, 0.2) is 43.0 Å². The van der Waals surface area contributed by atoms with Crippen molar-refractivity contribution in [2.45, 2.75) is 77.0 Å². The molecule has 9 nitrogen and oxygen atoms in total. The number of nitrogens with one attached hydrogen (secondary N) is 2. The summed E-state index contributed by atoms with van der Waals surface area (Å²) in [5, 5.41) is 0. The third-order valence-corrected chi connectivity index (χ3v) is 9.47. The van der Waals surface area contributed by atoms with Crippen molar-refractivity contribution in [1.82, 2.24) is 34.6 Å². The van der Waals surface area contributed by atoms with Crippen molar-refractivity contribution >= 4 is 5.91 Å². The zero-order chi connectivity index (χ0) is 27.4. The fourth-order valence-corrected chi connectivity index (χ4v) is 7.14. The largest absolute Gasteiger partial charge is 0.496 e. The smallest absolute Gasteiger partial charge is 0.254 e. The Morgan fingerprint density at radius 2 is 1.68 bits per heavy atom. The Hall–Kier alpha value is -3.17. The topological polar surface area (TPSA) is 93.4 Å². The number of carbonyl (C=O) groups is 1. The second kappa shape index (κ2) is 12.1. The van der Waals surface area contributed by atoms with Gasteiger partial charge in [-0.15, -0.1) is 0 Å². The lowest BCUT2D eigenvalue weighted by molar-refractivity contribution is 0.0614. The molecule has 1 aromatic carbocycles. The van der Waals surface area contributed by atoms with Crippen LogP contribution in [0.4, 0.5) is 0 Å². The van der Waals surface area contributed by atoms with Crippen LogP contribution < -0.4 is 4.74 Å². The molecule has 1 amide bonds. The Labute approximate surface area is 237 Å². The first-order valence-electron chi connectivity index (χ1n) is 15.0. The molecule has 1 saturated carbocycles. The van der Waals surface area contributed by atoms with Crippen LogP contribution >= 0.6 is 0 Å². The molecular weight excluding hydrogens is 502 g/mol. The van der Waals surface area contributed by atoms with Crippen LogP contribution in [-0.2, 0) is 19.6 Å². The van der Waals surface area contributed by atoms with Crippen molar-refractivity contribution in [2.24, 2.45) is 5.41 Å². The standard InChI is InChI=1S/C31H43N7O2/c1-40-27-19-24(30(39)38(21-28-32-12-13-33-28)22-29-34-14-15-35-29)7-8-25(27)20-36-16-9-31(23-36)10-17-37(18-11-31)26-5-3-2-4-6-26/h7-8,12-15,19,26H,2-6,9-11,16-18,20-23H2,1H3,(H,32,33)(H,34,35). The van der Waals surface area contributed by atoms with Gasteiger partial charge in [0.2, 0.25) is 0 Å². The van der Waals surface area contributed by atoms with Gasteiger partial charge < -0.3 is 24.5 Å². The number of hydrogen-bond donors (Lipinski definition) is 2. The van der Waals surface area contributed by atoms with E-state index >= 15 is 0 Å². The summed E-state index contributed by atoms with van der Waals surface area (Å²) in [6.07, 6.45) is 17.9. The minimum Gasteiger partial charge on any atom is -0.496 e. The highest BCUT2D eigenvalue weighted by Gasteiger charge is 2.41. The quantitative estimate of drug-likeness (QED) is 0.408. The van der Waals surface area contributed by atoms with E-state index in [1.807, 2.05) is 12.1 Å². The van der Waals surface area contributed by atoms with Crippen molar-refractivity contribution in [1.29, 1.82) is 0 Å². The van der Waals surface area contributed by atoms with Gasteiger partial charge in [0.1, 0.15) is 17.4 Å². The number of ether oxygens (including phenoxy) is 1. The van der Waals surface area contributed by atoms with Gasteiger partial charge in [0.15, 0.2) is 0 Å². The Morgan fingerprint density at radius 3 is 2.30 bits per heavy atom. The lowest BCUT2D eigenvalue weighted by Gasteiger charge is -2.44. The summed E-state index contributed by atoms with van der Waals surface area (Å²) in [6.45, 7) is 6.42. The zero-order valence-electron chi connectivity index (χ0n) is 23.8. The molecule has 0 bridgehead atoms. The number of piperidine rings is 1. The number of likely N-dealkylation sites (tertiary alicyclic amines) is 2. The van der Waals surface area contributed by atoms with Gasteiger partial charge in [0.25, 0.3) is 5.91 Å². The van der Waals surface area contributed by atoms with Crippen LogP contribution in [0.3, 0.4) is 0 Å². The van der Waals surface area contributed by atoms with Gasteiger partial charge in [-0.05, 0) is 69.3 Å². The molecule has 6 rings (SSSR count). The van der Waals surface area contributed by atoms with Crippen LogP contribution in [0.1, 0.15) is 78.9 Å². The average molecular weight is 546 g/mol. The molecule has 4 heterocycles. The van der Waals surface area contributed by atoms with Crippen LogP contribution in [0, 0.1) is 5.41 Å². The number of imidazole rings is 2. The summed E-state index contributed by atoms with van der Waals surface area (Å²) in [6, 6.07) is 6.74. The second-order valence-electron chi connectivity index (χ2n) is 12.0. The summed E-state index contributed by atoms with van der Waals surface area (Å²) in [4.78, 5) is 35.6. The third kappa shape index (κ3) is 6.10. The summed E-state index contributed by atoms with van der Waals surface area (Å²) in [5.41, 5.74) is 2.21. The lowest BCUT2D eigenvalue weighted by atomic mass is 9.77. The Balaban J connectivity index is 1.09. The zero-order valence-corrected chi connectivity index (χ0v) is 23.8. The van der Waals surface area contributed by atoms with Crippen LogP contribution in [0.25, 0.3) is 0 Å². The number of rotatable bonds is 9. The molecule has 2 saturated heterocycles. The summed E-state index contributed by atoms with van der Waals surface area (Å²) in [7, 11) is 1.70. The molecule has 214 valence electrons. The predicted octanol–water partition coefficient (Wildman–Crippen LogP) is 4.60. The fraction of sp³-hybridized carbons (Fsp3) is 0.581. The van der Waals surface area contributed by atoms with Gasteiger partial charge in [-0.2, -0.15) is 0 Å². The number of carbonyl (C=O) groups excluding carboxylic acids is 1. The number of aromatic amines is 2. The molecule has 1 aliphatic carbocycles. The predicted molar refractivity (Wildman–Crippen MR) is 154 cm³/mol. The first kappa shape index (κ1) is 27.0. The molecule has 9 heteroatoms. The first-order chi connectivity index (χ1) is 19.6. The number of H-pyrrole nitrogens is 2. The lowest BCUT2D eigenvalue weighted by Crippen LogP contribution is -2.46. The SMILES string of the molecule is COc1cc(C(=O)N(Cc2ncc[nH]2)Cc2ncc[nH]2)ccc1CN1CCC2(CCN(C3CCCCC3)CC2)C1. The van der Waals surface area contributed by atoms with Gasteiger partial charge in [-0.1, -0.05) is 25.3 Å². The molecular formula is C31H43N7O2. The molecule has 1 spiro atoms. The molecule has 2 aromatic heterocycles. The number of nitrogens with zero attached hydrogens (tertiary/aromatic N) is 5. The third-order valence-electron chi connectivity index (χ3n) is 9.47. The number of hydrogen-bond acceptors (Lipinski definition) is 6. The maximum atomic E-state index is 13.6. The first-order valence-corrected chi connectivity index (χ1v) is 15.0. The van der Waals surface area contributed by atoms with E-state index in [1.165, 1.54) is 64.5 Å². The summed E-state index contributed by atoms with van der Waals surface area (Å²) < 4.78 is 5.82.